The molecule has 0 saturated carbocycles. The second kappa shape index (κ2) is 23.2. The van der Waals surface area contributed by atoms with Crippen LogP contribution in [0.5, 0.6) is 17.2 Å². The van der Waals surface area contributed by atoms with Crippen molar-refractivity contribution in [3.63, 3.8) is 0 Å². The van der Waals surface area contributed by atoms with E-state index in [1.807, 2.05) is 0 Å². The summed E-state index contributed by atoms with van der Waals surface area (Å²) in [6.07, 6.45) is -5.34. The van der Waals surface area contributed by atoms with Crippen molar-refractivity contribution in [1.29, 1.82) is 0 Å². The summed E-state index contributed by atoms with van der Waals surface area (Å²) in [7, 11) is 2.62. The van der Waals surface area contributed by atoms with Crippen molar-refractivity contribution in [2.24, 2.45) is 0 Å². The van der Waals surface area contributed by atoms with E-state index in [0.29, 0.717) is 27.2 Å². The molecule has 6 aromatic rings. The van der Waals surface area contributed by atoms with E-state index in [4.69, 9.17) is 5.11 Å². The molecular weight excluding hydrogens is 935 g/mol. The molecule has 0 aliphatic carbocycles. The molecule has 0 unspecified atom stereocenters. The molecule has 0 atom stereocenters. The van der Waals surface area contributed by atoms with Crippen LogP contribution in [0.2, 0.25) is 0 Å². The van der Waals surface area contributed by atoms with Gasteiger partial charge in [0, 0.05) is 40.9 Å². The van der Waals surface area contributed by atoms with Gasteiger partial charge in [0.25, 0.3) is 0 Å². The molecule has 0 spiro atoms. The highest BCUT2D eigenvalue weighted by Gasteiger charge is 2.32. The number of carboxylic acid groups (broad SMARTS) is 1. The van der Waals surface area contributed by atoms with Crippen molar-refractivity contribution in [2.45, 2.75) is 38.3 Å². The standard InChI is InChI=1S/C13H11F3N2O3.C12H9F3N2O3.C7H4BrF3O.C6H8N2O2/c1-20-12(19)5-9-7-18(8-17-9)10-3-2-4-11(6-10)21-13(14,15)16;13-12(14,15)20-10-3-1-2-9(5-10)17-6-8(16-7-17)4-11(18)19;8-5-2-1-3-6(4-5)12-7(9,10)11;1-10-6(9)2-5-3-7-4-8-5/h2-4,6-8H,5H2,1H3;1-3,5-7H,4H2,(H,18,19);1-4H;3-4H,2H2,1H3,(H,7,8). The number of hydrogen-bond acceptors (Lipinski definition) is 11. The fourth-order valence-corrected chi connectivity index (χ4v) is 4.90. The SMILES string of the molecule is COC(=O)Cc1cn(-c2cccc(OC(F)(F)F)c2)cn1.COC(=O)Cc1cnc[nH]1.FC(F)(F)Oc1cccc(Br)c1.O=C(O)Cc1cn(-c2cccc(OC(F)(F)F)c2)cn1. The van der Waals surface area contributed by atoms with E-state index >= 15 is 0 Å². The molecule has 2 N–H and O–H groups in total. The fourth-order valence-electron chi connectivity index (χ4n) is 4.52. The number of rotatable bonds is 11. The average molecular weight is 968 g/mol. The summed E-state index contributed by atoms with van der Waals surface area (Å²) in [5.74, 6) is -2.66. The van der Waals surface area contributed by atoms with Gasteiger partial charge in [0.2, 0.25) is 0 Å². The monoisotopic (exact) mass is 966 g/mol. The minimum Gasteiger partial charge on any atom is -0.481 e. The molecule has 0 aliphatic rings. The number of imidazole rings is 3. The maximum Gasteiger partial charge on any atom is 0.573 e. The van der Waals surface area contributed by atoms with Gasteiger partial charge in [0.05, 0.1) is 75.2 Å². The number of nitrogens with one attached hydrogen (secondary N) is 1. The number of ether oxygens (including phenoxy) is 5. The van der Waals surface area contributed by atoms with Gasteiger partial charge in [-0.15, -0.1) is 39.5 Å². The van der Waals surface area contributed by atoms with Crippen molar-refractivity contribution >= 4 is 33.8 Å². The van der Waals surface area contributed by atoms with Crippen molar-refractivity contribution < 1.29 is 82.7 Å². The summed E-state index contributed by atoms with van der Waals surface area (Å²) < 4.78 is 131. The molecule has 0 fully saturated rings. The second-order valence-electron chi connectivity index (χ2n) is 11.8. The summed E-state index contributed by atoms with van der Waals surface area (Å²) in [5.41, 5.74) is 2.34. The first kappa shape index (κ1) is 50.3. The van der Waals surface area contributed by atoms with Crippen molar-refractivity contribution in [3.8, 4) is 28.6 Å². The van der Waals surface area contributed by atoms with Crippen molar-refractivity contribution in [2.75, 3.05) is 14.2 Å². The van der Waals surface area contributed by atoms with Crippen LogP contribution in [0.4, 0.5) is 39.5 Å². The van der Waals surface area contributed by atoms with Crippen LogP contribution in [0.1, 0.15) is 17.1 Å². The molecule has 3 heterocycles. The van der Waals surface area contributed by atoms with Crippen LogP contribution < -0.4 is 14.2 Å². The molecule has 0 saturated heterocycles. The number of carboxylic acids is 1. The number of alkyl halides is 9. The van der Waals surface area contributed by atoms with Crippen LogP contribution in [0.15, 0.2) is 115 Å². The first-order chi connectivity index (χ1) is 29.5. The van der Waals surface area contributed by atoms with Crippen LogP contribution in [0.3, 0.4) is 0 Å². The number of carbonyl (C=O) groups is 3. The zero-order chi connectivity index (χ0) is 46.8. The van der Waals surface area contributed by atoms with Gasteiger partial charge in [-0.05, 0) is 42.5 Å². The Morgan fingerprint density at radius 3 is 1.48 bits per heavy atom. The van der Waals surface area contributed by atoms with Crippen LogP contribution in [0, 0.1) is 0 Å². The van der Waals surface area contributed by atoms with E-state index in [0.717, 1.165) is 5.69 Å². The Morgan fingerprint density at radius 1 is 0.651 bits per heavy atom. The Labute approximate surface area is 358 Å². The van der Waals surface area contributed by atoms with Gasteiger partial charge in [-0.25, -0.2) is 15.0 Å². The predicted molar refractivity (Wildman–Crippen MR) is 203 cm³/mol. The molecule has 338 valence electrons. The molecule has 3 aromatic heterocycles. The highest BCUT2D eigenvalue weighted by Crippen LogP contribution is 2.27. The van der Waals surface area contributed by atoms with E-state index < -0.39 is 31.0 Å². The smallest absolute Gasteiger partial charge is 0.481 e. The third-order valence-electron chi connectivity index (χ3n) is 7.00. The average Bonchev–Trinajstić information content (AvgIpc) is 3.97. The number of aliphatic carboxylic acids is 1. The quantitative estimate of drug-likeness (QED) is 0.0937. The summed E-state index contributed by atoms with van der Waals surface area (Å²) in [4.78, 5) is 46.6. The minimum absolute atomic E-state index is 0.0117. The second-order valence-corrected chi connectivity index (χ2v) is 12.7. The van der Waals surface area contributed by atoms with Gasteiger partial charge in [-0.3, -0.25) is 14.4 Å². The normalized spacial score (nSPS) is 11.0. The Kier molecular flexibility index (Phi) is 18.6. The number of H-pyrrole nitrogens is 1. The first-order valence-electron chi connectivity index (χ1n) is 17.1. The highest BCUT2D eigenvalue weighted by molar-refractivity contribution is 9.10. The molecule has 63 heavy (non-hydrogen) atoms. The van der Waals surface area contributed by atoms with E-state index in [9.17, 15) is 53.9 Å². The lowest BCUT2D eigenvalue weighted by atomic mass is 10.3. The van der Waals surface area contributed by atoms with E-state index in [1.54, 1.807) is 24.4 Å². The summed E-state index contributed by atoms with van der Waals surface area (Å²) in [5, 5.41) is 8.62. The van der Waals surface area contributed by atoms with E-state index in [-0.39, 0.29) is 42.5 Å². The number of benzene rings is 3. The number of nitrogens with zero attached hydrogens (tertiary/aromatic N) is 5. The van der Waals surface area contributed by atoms with Crippen LogP contribution in [-0.2, 0) is 43.1 Å². The summed E-state index contributed by atoms with van der Waals surface area (Å²) in [6, 6.07) is 16.3. The third-order valence-corrected chi connectivity index (χ3v) is 7.50. The molecule has 0 radical (unpaired) electrons. The fraction of sp³-hybridized carbons (Fsp3) is 0.211. The molecule has 0 amide bonds. The Balaban J connectivity index is 0.000000233. The van der Waals surface area contributed by atoms with Gasteiger partial charge < -0.3 is 42.9 Å². The van der Waals surface area contributed by atoms with Crippen molar-refractivity contribution in [1.82, 2.24) is 29.1 Å². The summed E-state index contributed by atoms with van der Waals surface area (Å²) in [6.45, 7) is 0. The van der Waals surface area contributed by atoms with Crippen LogP contribution in [0.25, 0.3) is 11.4 Å². The number of halogens is 10. The van der Waals surface area contributed by atoms with Gasteiger partial charge in [-0.1, -0.05) is 34.1 Å². The van der Waals surface area contributed by atoms with Gasteiger partial charge in [0.15, 0.2) is 0 Å². The first-order valence-corrected chi connectivity index (χ1v) is 17.9. The molecule has 6 rings (SSSR count). The number of carbonyl (C=O) groups excluding carboxylic acids is 2. The van der Waals surface area contributed by atoms with Crippen LogP contribution in [-0.4, -0.2) is 85.4 Å². The van der Waals surface area contributed by atoms with E-state index in [1.165, 1.54) is 109 Å². The number of aromatic amines is 1. The van der Waals surface area contributed by atoms with Gasteiger partial charge in [-0.2, -0.15) is 0 Å². The minimum atomic E-state index is -4.76. The van der Waals surface area contributed by atoms with Gasteiger partial charge >= 0.3 is 37.0 Å². The Hall–Kier alpha value is -7.05. The maximum atomic E-state index is 12.2. The molecule has 0 bridgehead atoms. The zero-order valence-electron chi connectivity index (χ0n) is 32.2. The number of esters is 2. The molecule has 25 heteroatoms. The van der Waals surface area contributed by atoms with E-state index in [2.05, 4.69) is 59.6 Å². The number of methoxy groups -OCH3 is 2. The largest absolute Gasteiger partial charge is 0.573 e. The lowest BCUT2D eigenvalue weighted by Gasteiger charge is -2.10. The lowest BCUT2D eigenvalue weighted by molar-refractivity contribution is -0.275. The third kappa shape index (κ3) is 20.4. The Morgan fingerprint density at radius 2 is 1.08 bits per heavy atom. The molecular formula is C38H32BrF9N6O9. The maximum absolute atomic E-state index is 12.2. The lowest BCUT2D eigenvalue weighted by Crippen LogP contribution is -2.17. The topological polar surface area (TPSA) is 182 Å². The summed E-state index contributed by atoms with van der Waals surface area (Å²) >= 11 is 3.02. The molecule has 3 aromatic carbocycles. The van der Waals surface area contributed by atoms with Gasteiger partial charge in [0.1, 0.15) is 17.2 Å². The number of aromatic nitrogens is 6. The van der Waals surface area contributed by atoms with Crippen LogP contribution >= 0.6 is 15.9 Å². The zero-order valence-corrected chi connectivity index (χ0v) is 33.8. The van der Waals surface area contributed by atoms with Crippen molar-refractivity contribution in [3.05, 3.63) is 132 Å². The number of hydrogen-bond donors (Lipinski definition) is 2. The highest BCUT2D eigenvalue weighted by atomic mass is 79.9. The predicted octanol–water partition coefficient (Wildman–Crippen LogP) is 8.36. The Bertz CT molecular complexity index is 2370. The molecule has 0 aliphatic heterocycles. The molecule has 15 nitrogen and oxygen atoms in total.